The second-order valence-electron chi connectivity index (χ2n) is 14.5. The van der Waals surface area contributed by atoms with E-state index in [-0.39, 0.29) is 5.41 Å². The predicted octanol–water partition coefficient (Wildman–Crippen LogP) is 13.7. The van der Waals surface area contributed by atoms with Gasteiger partial charge in [0.1, 0.15) is 0 Å². The third-order valence-corrected chi connectivity index (χ3v) is 11.6. The molecule has 0 heterocycles. The fraction of sp³-hybridized carbons (Fsp3) is 0.0612. The van der Waals surface area contributed by atoms with Crippen LogP contribution in [0.3, 0.4) is 0 Å². The Kier molecular flexibility index (Phi) is 5.27. The largest absolute Gasteiger partial charge is 0.0616 e. The summed E-state index contributed by atoms with van der Waals surface area (Å²) in [5.74, 6) is 0. The number of rotatable bonds is 2. The van der Waals surface area contributed by atoms with Gasteiger partial charge in [-0.2, -0.15) is 0 Å². The Morgan fingerprint density at radius 3 is 1.57 bits per heavy atom. The minimum absolute atomic E-state index is 0.120. The summed E-state index contributed by atoms with van der Waals surface area (Å²) in [4.78, 5) is 0. The average molecular weight is 621 g/mol. The summed E-state index contributed by atoms with van der Waals surface area (Å²) in [7, 11) is 0. The van der Waals surface area contributed by atoms with Gasteiger partial charge in [0.25, 0.3) is 0 Å². The molecule has 0 N–H and O–H groups in total. The third-order valence-electron chi connectivity index (χ3n) is 11.6. The predicted molar refractivity (Wildman–Crippen MR) is 211 cm³/mol. The van der Waals surface area contributed by atoms with Crippen molar-refractivity contribution < 1.29 is 0 Å². The van der Waals surface area contributed by atoms with E-state index in [4.69, 9.17) is 0 Å². The van der Waals surface area contributed by atoms with Crippen LogP contribution < -0.4 is 0 Å². The normalized spacial score (nSPS) is 13.7. The van der Waals surface area contributed by atoms with E-state index in [1.807, 2.05) is 0 Å². The molecule has 11 rings (SSSR count). The van der Waals surface area contributed by atoms with Crippen LogP contribution >= 0.6 is 0 Å². The second kappa shape index (κ2) is 9.56. The maximum absolute atomic E-state index is 2.49. The topological polar surface area (TPSA) is 0 Å². The smallest absolute Gasteiger partial charge is 0.0159 e. The molecule has 0 aromatic heterocycles. The molecule has 10 aromatic carbocycles. The first-order chi connectivity index (χ1) is 24.0. The molecule has 0 saturated heterocycles. The van der Waals surface area contributed by atoms with Gasteiger partial charge in [0.15, 0.2) is 0 Å². The number of benzene rings is 10. The summed E-state index contributed by atoms with van der Waals surface area (Å²) < 4.78 is 0. The zero-order valence-corrected chi connectivity index (χ0v) is 27.5. The molecule has 0 saturated carbocycles. The van der Waals surface area contributed by atoms with Crippen molar-refractivity contribution in [1.29, 1.82) is 0 Å². The van der Waals surface area contributed by atoms with E-state index >= 15 is 0 Å². The monoisotopic (exact) mass is 620 g/mol. The quantitative estimate of drug-likeness (QED) is 0.169. The molecule has 0 fully saturated rings. The van der Waals surface area contributed by atoms with E-state index in [0.29, 0.717) is 0 Å². The highest BCUT2D eigenvalue weighted by atomic mass is 14.4. The van der Waals surface area contributed by atoms with Crippen molar-refractivity contribution in [3.05, 3.63) is 169 Å². The van der Waals surface area contributed by atoms with Gasteiger partial charge in [-0.3, -0.25) is 0 Å². The first-order valence-electron chi connectivity index (χ1n) is 17.3. The van der Waals surface area contributed by atoms with Gasteiger partial charge >= 0.3 is 0 Å². The van der Waals surface area contributed by atoms with Gasteiger partial charge in [-0.15, -0.1) is 0 Å². The Balaban J connectivity index is 1.07. The highest BCUT2D eigenvalue weighted by molar-refractivity contribution is 6.27. The lowest BCUT2D eigenvalue weighted by molar-refractivity contribution is 0.661. The highest BCUT2D eigenvalue weighted by Crippen LogP contribution is 2.52. The van der Waals surface area contributed by atoms with Crippen LogP contribution in [0.5, 0.6) is 0 Å². The lowest BCUT2D eigenvalue weighted by Gasteiger charge is -2.23. The summed E-state index contributed by atoms with van der Waals surface area (Å²) in [5.41, 5.74) is 10.5. The van der Waals surface area contributed by atoms with Crippen molar-refractivity contribution in [2.24, 2.45) is 0 Å². The van der Waals surface area contributed by atoms with Crippen LogP contribution in [0.4, 0.5) is 0 Å². The Labute approximate surface area is 285 Å². The molecule has 1 aliphatic rings. The van der Waals surface area contributed by atoms with Crippen LogP contribution in [-0.2, 0) is 5.41 Å². The van der Waals surface area contributed by atoms with Crippen LogP contribution in [0.15, 0.2) is 158 Å². The summed E-state index contributed by atoms with van der Waals surface area (Å²) in [6.45, 7) is 4.80. The minimum atomic E-state index is -0.120. The Morgan fingerprint density at radius 1 is 0.306 bits per heavy atom. The third kappa shape index (κ3) is 3.64. The van der Waals surface area contributed by atoms with E-state index in [2.05, 4.69) is 172 Å². The van der Waals surface area contributed by atoms with Crippen molar-refractivity contribution in [1.82, 2.24) is 0 Å². The van der Waals surface area contributed by atoms with Crippen molar-refractivity contribution in [2.75, 3.05) is 0 Å². The first kappa shape index (κ1) is 27.0. The van der Waals surface area contributed by atoms with Crippen molar-refractivity contribution in [3.63, 3.8) is 0 Å². The molecule has 1 aliphatic carbocycles. The number of fused-ring (bicyclic) bond motifs is 9. The zero-order valence-electron chi connectivity index (χ0n) is 27.5. The van der Waals surface area contributed by atoms with Gasteiger partial charge in [0.2, 0.25) is 0 Å². The van der Waals surface area contributed by atoms with E-state index < -0.39 is 0 Å². The molecule has 49 heavy (non-hydrogen) atoms. The standard InChI is InChI=1S/C49H32/c1-49(2)45-26-33(21-23-40(45)44-27-42-38-15-5-3-13-36(38)37-14-4-6-16-39(37)43(42)28-46(44)49)32-11-8-12-34(25-32)35-22-19-31-18-17-29-9-7-10-30-20-24-41(35)48(31)47(29)30/h3-28H,1-2H3. The van der Waals surface area contributed by atoms with E-state index in [9.17, 15) is 0 Å². The van der Waals surface area contributed by atoms with E-state index in [1.165, 1.54) is 109 Å². The number of hydrogen-bond acceptors (Lipinski definition) is 0. The summed E-state index contributed by atoms with van der Waals surface area (Å²) in [6.07, 6.45) is 0. The second-order valence-corrected chi connectivity index (χ2v) is 14.5. The van der Waals surface area contributed by atoms with Crippen molar-refractivity contribution >= 4 is 64.6 Å². The van der Waals surface area contributed by atoms with Crippen molar-refractivity contribution in [2.45, 2.75) is 19.3 Å². The Bertz CT molecular complexity index is 2990. The molecule has 0 heteroatoms. The summed E-state index contributed by atoms with van der Waals surface area (Å²) in [5, 5.41) is 15.9. The van der Waals surface area contributed by atoms with Gasteiger partial charge in [0.05, 0.1) is 0 Å². The maximum Gasteiger partial charge on any atom is 0.0159 e. The van der Waals surface area contributed by atoms with Crippen LogP contribution in [0.25, 0.3) is 98.0 Å². The molecule has 0 radical (unpaired) electrons. The lowest BCUT2D eigenvalue weighted by atomic mass is 9.80. The van der Waals surface area contributed by atoms with Crippen LogP contribution in [0.1, 0.15) is 25.0 Å². The van der Waals surface area contributed by atoms with Gasteiger partial charge in [-0.05, 0) is 133 Å². The van der Waals surface area contributed by atoms with E-state index in [1.54, 1.807) is 0 Å². The Morgan fingerprint density at radius 2 is 0.837 bits per heavy atom. The zero-order chi connectivity index (χ0) is 32.4. The summed E-state index contributed by atoms with van der Waals surface area (Å²) in [6, 6.07) is 59.4. The molecule has 0 aliphatic heterocycles. The average Bonchev–Trinajstić information content (AvgIpc) is 3.38. The van der Waals surface area contributed by atoms with E-state index in [0.717, 1.165) is 0 Å². The molecule has 0 amide bonds. The fourth-order valence-electron chi connectivity index (χ4n) is 9.17. The maximum atomic E-state index is 2.49. The molecule has 0 atom stereocenters. The van der Waals surface area contributed by atoms with Gasteiger partial charge < -0.3 is 0 Å². The highest BCUT2D eigenvalue weighted by Gasteiger charge is 2.36. The molecular formula is C49H32. The molecule has 0 spiro atoms. The minimum Gasteiger partial charge on any atom is -0.0616 e. The fourth-order valence-corrected chi connectivity index (χ4v) is 9.17. The molecule has 10 aromatic rings. The number of hydrogen-bond donors (Lipinski definition) is 0. The SMILES string of the molecule is CC1(C)c2cc(-c3cccc(-c4ccc5ccc6cccc7ccc4c5c67)c3)ccc2-c2cc3c4ccccc4c4ccccc4c3cc21. The summed E-state index contributed by atoms with van der Waals surface area (Å²) >= 11 is 0. The van der Waals surface area contributed by atoms with Crippen molar-refractivity contribution in [3.8, 4) is 33.4 Å². The van der Waals surface area contributed by atoms with Crippen LogP contribution in [0.2, 0.25) is 0 Å². The van der Waals surface area contributed by atoms with Crippen LogP contribution in [-0.4, -0.2) is 0 Å². The molecule has 0 nitrogen and oxygen atoms in total. The molecule has 228 valence electrons. The molecule has 0 bridgehead atoms. The van der Waals surface area contributed by atoms with Gasteiger partial charge in [-0.1, -0.05) is 147 Å². The molecular weight excluding hydrogens is 589 g/mol. The first-order valence-corrected chi connectivity index (χ1v) is 17.3. The van der Waals surface area contributed by atoms with Gasteiger partial charge in [0, 0.05) is 5.41 Å². The lowest BCUT2D eigenvalue weighted by Crippen LogP contribution is -2.15. The van der Waals surface area contributed by atoms with Gasteiger partial charge in [-0.25, -0.2) is 0 Å². The Hall–Kier alpha value is -5.98. The molecule has 0 unspecified atom stereocenters. The van der Waals surface area contributed by atoms with Crippen LogP contribution in [0, 0.1) is 0 Å².